The van der Waals surface area contributed by atoms with Crippen molar-refractivity contribution in [2.45, 2.75) is 165 Å². The Balaban J connectivity index is 1.42. The fourth-order valence-corrected chi connectivity index (χ4v) is 13.1. The van der Waals surface area contributed by atoms with Crippen molar-refractivity contribution in [2.24, 2.45) is 62.6 Å². The zero-order valence-corrected chi connectivity index (χ0v) is 31.3. The third-order valence-electron chi connectivity index (χ3n) is 15.3. The highest BCUT2D eigenvalue weighted by atomic mass is 16.6. The predicted octanol–water partition coefficient (Wildman–Crippen LogP) is 8.89. The molecule has 0 aromatic carbocycles. The molecule has 0 spiro atoms. The average molecular weight is 642 g/mol. The van der Waals surface area contributed by atoms with Gasteiger partial charge in [-0.1, -0.05) is 55.4 Å². The molecule has 5 aliphatic carbocycles. The van der Waals surface area contributed by atoms with Crippen LogP contribution in [0.5, 0.6) is 0 Å². The van der Waals surface area contributed by atoms with Gasteiger partial charge in [-0.05, 0) is 143 Å². The maximum Gasteiger partial charge on any atom is 0.325 e. The lowest BCUT2D eigenvalue weighted by Crippen LogP contribution is -2.67. The Kier molecular flexibility index (Phi) is 9.37. The van der Waals surface area contributed by atoms with E-state index in [4.69, 9.17) is 9.47 Å². The molecular formula is C40H67NO5. The summed E-state index contributed by atoms with van der Waals surface area (Å²) in [7, 11) is 0. The first kappa shape index (κ1) is 35.7. The van der Waals surface area contributed by atoms with E-state index in [1.54, 1.807) is 0 Å². The summed E-state index contributed by atoms with van der Waals surface area (Å²) in [5, 5.41) is 3.10. The molecule has 0 radical (unpaired) electrons. The fraction of sp³-hybridized carbons (Fsp3) is 0.925. The molecule has 0 heterocycles. The largest absolute Gasteiger partial charge is 0.462 e. The maximum atomic E-state index is 14.3. The summed E-state index contributed by atoms with van der Waals surface area (Å²) >= 11 is 0. The van der Waals surface area contributed by atoms with Crippen LogP contribution < -0.4 is 5.32 Å². The smallest absolute Gasteiger partial charge is 0.325 e. The van der Waals surface area contributed by atoms with E-state index in [-0.39, 0.29) is 52.2 Å². The fourth-order valence-electron chi connectivity index (χ4n) is 13.1. The van der Waals surface area contributed by atoms with Crippen molar-refractivity contribution in [3.63, 3.8) is 0 Å². The molecule has 46 heavy (non-hydrogen) atoms. The normalized spacial score (nSPS) is 43.0. The van der Waals surface area contributed by atoms with Crippen LogP contribution in [0.25, 0.3) is 0 Å². The molecule has 5 rings (SSSR count). The first-order valence-corrected chi connectivity index (χ1v) is 19.0. The molecule has 6 nitrogen and oxygen atoms in total. The first-order valence-electron chi connectivity index (χ1n) is 19.0. The minimum atomic E-state index is -0.566. The molecule has 5 saturated carbocycles. The van der Waals surface area contributed by atoms with E-state index in [0.717, 1.165) is 44.9 Å². The van der Waals surface area contributed by atoms with Gasteiger partial charge in [0.2, 0.25) is 5.91 Å². The molecule has 0 aromatic rings. The standard InChI is InChI=1S/C40H67NO5/c1-12-13-31(42)45-30-18-19-37(9)28(36(30,7)8)17-20-39(11)29(37)15-14-27-33-26(25(2)3)16-21-40(33,23-22-38(27,39)10)34(44)41-24-32(43)46-35(4,5)6/h25-30,33H,12-24H2,1-11H3,(H,41,44)/t26-,27?,28-,29+,30+,33-,37-,38+,39+,40-/m0/s1. The molecule has 6 heteroatoms. The SMILES string of the molecule is CCCC(=O)O[C@@H]1CC[C@]2(C)[C@H]3CCC4[C@@H]5[C@H](C(C)C)CC[C@]5(C(=O)NCC(=O)OC(C)(C)C)CC[C@@]4(C)[C@]3(C)CC[C@H]2C1(C)C. The highest BCUT2D eigenvalue weighted by Gasteiger charge is 2.72. The molecule has 0 aromatic heterocycles. The topological polar surface area (TPSA) is 81.7 Å². The molecule has 262 valence electrons. The molecule has 0 aliphatic heterocycles. The van der Waals surface area contributed by atoms with E-state index < -0.39 is 11.0 Å². The Morgan fingerprint density at radius 2 is 1.50 bits per heavy atom. The number of hydrogen-bond acceptors (Lipinski definition) is 5. The van der Waals surface area contributed by atoms with Crippen molar-refractivity contribution in [1.29, 1.82) is 0 Å². The van der Waals surface area contributed by atoms with E-state index >= 15 is 0 Å². The number of carbonyl (C=O) groups excluding carboxylic acids is 3. The van der Waals surface area contributed by atoms with E-state index in [2.05, 4.69) is 53.8 Å². The predicted molar refractivity (Wildman–Crippen MR) is 183 cm³/mol. The van der Waals surface area contributed by atoms with Gasteiger partial charge in [0, 0.05) is 11.8 Å². The number of amides is 1. The number of fused-ring (bicyclic) bond motifs is 7. The van der Waals surface area contributed by atoms with Crippen molar-refractivity contribution >= 4 is 17.8 Å². The Hall–Kier alpha value is -1.59. The molecular weight excluding hydrogens is 574 g/mol. The van der Waals surface area contributed by atoms with Crippen molar-refractivity contribution < 1.29 is 23.9 Å². The molecule has 5 fully saturated rings. The zero-order chi connectivity index (χ0) is 34.1. The van der Waals surface area contributed by atoms with Crippen LogP contribution in [0.15, 0.2) is 0 Å². The Morgan fingerprint density at radius 3 is 2.13 bits per heavy atom. The van der Waals surface area contributed by atoms with Gasteiger partial charge in [0.25, 0.3) is 0 Å². The van der Waals surface area contributed by atoms with Gasteiger partial charge >= 0.3 is 11.9 Å². The van der Waals surface area contributed by atoms with E-state index in [0.29, 0.717) is 41.9 Å². The third kappa shape index (κ3) is 5.56. The zero-order valence-electron chi connectivity index (χ0n) is 31.3. The summed E-state index contributed by atoms with van der Waals surface area (Å²) in [5.41, 5.74) is -0.430. The van der Waals surface area contributed by atoms with Gasteiger partial charge < -0.3 is 14.8 Å². The van der Waals surface area contributed by atoms with Gasteiger partial charge in [-0.2, -0.15) is 0 Å². The third-order valence-corrected chi connectivity index (χ3v) is 15.3. The Bertz CT molecular complexity index is 1190. The molecule has 1 N–H and O–H groups in total. The number of hydrogen-bond donors (Lipinski definition) is 1. The summed E-state index contributed by atoms with van der Waals surface area (Å²) in [6.45, 7) is 24.9. The van der Waals surface area contributed by atoms with Gasteiger partial charge in [0.05, 0.1) is 5.41 Å². The molecule has 1 amide bonds. The van der Waals surface area contributed by atoms with Crippen LogP contribution in [0.2, 0.25) is 0 Å². The Morgan fingerprint density at radius 1 is 0.804 bits per heavy atom. The number of rotatable bonds is 7. The molecule has 0 bridgehead atoms. The lowest BCUT2D eigenvalue weighted by atomic mass is 9.32. The van der Waals surface area contributed by atoms with Gasteiger partial charge in [-0.15, -0.1) is 0 Å². The van der Waals surface area contributed by atoms with Crippen molar-refractivity contribution in [3.8, 4) is 0 Å². The van der Waals surface area contributed by atoms with Crippen LogP contribution in [0.3, 0.4) is 0 Å². The molecule has 1 unspecified atom stereocenters. The minimum Gasteiger partial charge on any atom is -0.462 e. The van der Waals surface area contributed by atoms with E-state index in [9.17, 15) is 14.4 Å². The number of nitrogens with one attached hydrogen (secondary N) is 1. The van der Waals surface area contributed by atoms with Crippen LogP contribution in [0.1, 0.15) is 153 Å². The second-order valence-electron chi connectivity index (χ2n) is 19.2. The highest BCUT2D eigenvalue weighted by Crippen LogP contribution is 2.77. The summed E-state index contributed by atoms with van der Waals surface area (Å²) < 4.78 is 11.7. The first-order chi connectivity index (χ1) is 21.3. The summed E-state index contributed by atoms with van der Waals surface area (Å²) in [6, 6.07) is 0. The lowest BCUT2D eigenvalue weighted by molar-refractivity contribution is -0.250. The van der Waals surface area contributed by atoms with Gasteiger partial charge in [-0.3, -0.25) is 14.4 Å². The summed E-state index contributed by atoms with van der Waals surface area (Å²) in [6.07, 6.45) is 12.2. The van der Waals surface area contributed by atoms with Crippen LogP contribution >= 0.6 is 0 Å². The summed E-state index contributed by atoms with van der Waals surface area (Å²) in [5.74, 6) is 2.76. The summed E-state index contributed by atoms with van der Waals surface area (Å²) in [4.78, 5) is 39.5. The second-order valence-corrected chi connectivity index (χ2v) is 19.2. The quantitative estimate of drug-likeness (QED) is 0.281. The minimum absolute atomic E-state index is 0.000634. The van der Waals surface area contributed by atoms with Crippen LogP contribution in [0, 0.1) is 62.6 Å². The number of ether oxygens (including phenoxy) is 2. The second kappa shape index (κ2) is 12.1. The molecule has 0 saturated heterocycles. The average Bonchev–Trinajstić information content (AvgIpc) is 3.34. The van der Waals surface area contributed by atoms with Gasteiger partial charge in [-0.25, -0.2) is 0 Å². The Labute approximate surface area is 280 Å². The van der Waals surface area contributed by atoms with Crippen LogP contribution in [-0.4, -0.2) is 36.1 Å². The van der Waals surface area contributed by atoms with Gasteiger partial charge in [0.1, 0.15) is 18.2 Å². The van der Waals surface area contributed by atoms with Crippen LogP contribution in [0.4, 0.5) is 0 Å². The number of esters is 2. The van der Waals surface area contributed by atoms with E-state index in [1.807, 2.05) is 27.7 Å². The van der Waals surface area contributed by atoms with Crippen molar-refractivity contribution in [1.82, 2.24) is 5.32 Å². The van der Waals surface area contributed by atoms with Gasteiger partial charge in [0.15, 0.2) is 0 Å². The molecule has 5 aliphatic rings. The van der Waals surface area contributed by atoms with Crippen LogP contribution in [-0.2, 0) is 23.9 Å². The number of carbonyl (C=O) groups is 3. The lowest BCUT2D eigenvalue weighted by Gasteiger charge is -2.73. The van der Waals surface area contributed by atoms with E-state index in [1.165, 1.54) is 25.7 Å². The highest BCUT2D eigenvalue weighted by molar-refractivity contribution is 5.87. The molecule has 10 atom stereocenters. The monoisotopic (exact) mass is 642 g/mol. The maximum absolute atomic E-state index is 14.3. The van der Waals surface area contributed by atoms with Crippen molar-refractivity contribution in [2.75, 3.05) is 6.54 Å². The van der Waals surface area contributed by atoms with Crippen molar-refractivity contribution in [3.05, 3.63) is 0 Å².